The molecule has 2 N–H and O–H groups in total. The van der Waals surface area contributed by atoms with E-state index in [1.165, 1.54) is 0 Å². The predicted molar refractivity (Wildman–Crippen MR) is 129 cm³/mol. The van der Waals surface area contributed by atoms with E-state index in [1.807, 2.05) is 45.2 Å². The molecule has 0 radical (unpaired) electrons. The summed E-state index contributed by atoms with van der Waals surface area (Å²) >= 11 is 0. The van der Waals surface area contributed by atoms with Crippen LogP contribution in [0.25, 0.3) is 22.8 Å². The number of benzene rings is 1. The quantitative estimate of drug-likeness (QED) is 0.477. The number of ether oxygens (including phenoxy) is 1. The van der Waals surface area contributed by atoms with E-state index in [1.54, 1.807) is 0 Å². The van der Waals surface area contributed by atoms with E-state index in [-0.39, 0.29) is 13.2 Å². The molecule has 0 aliphatic carbocycles. The molecule has 1 unspecified atom stereocenters. The number of aliphatic hydroxyl groups excluding tert-OH is 2. The zero-order valence-corrected chi connectivity index (χ0v) is 20.3. The van der Waals surface area contributed by atoms with Crippen LogP contribution in [0.1, 0.15) is 44.5 Å². The van der Waals surface area contributed by atoms with Crippen LogP contribution in [0.15, 0.2) is 28.8 Å². The van der Waals surface area contributed by atoms with Gasteiger partial charge in [0.1, 0.15) is 24.3 Å². The third-order valence-electron chi connectivity index (χ3n) is 5.66. The number of hydrogen-bond acceptors (Lipinski definition) is 8. The smallest absolute Gasteiger partial charge is 0.258 e. The van der Waals surface area contributed by atoms with Crippen LogP contribution in [0.4, 0.5) is 5.82 Å². The Morgan fingerprint density at radius 1 is 1.06 bits per heavy atom. The summed E-state index contributed by atoms with van der Waals surface area (Å²) in [5.74, 6) is 2.52. The van der Waals surface area contributed by atoms with Gasteiger partial charge in [0.2, 0.25) is 5.82 Å². The van der Waals surface area contributed by atoms with Gasteiger partial charge in [-0.25, -0.2) is 4.98 Å². The van der Waals surface area contributed by atoms with Gasteiger partial charge in [-0.15, -0.1) is 0 Å². The van der Waals surface area contributed by atoms with E-state index in [0.717, 1.165) is 46.6 Å². The van der Waals surface area contributed by atoms with Crippen molar-refractivity contribution in [1.29, 1.82) is 0 Å². The minimum Gasteiger partial charge on any atom is -0.490 e. The van der Waals surface area contributed by atoms with E-state index in [2.05, 4.69) is 35.8 Å². The SMILES string of the molecule is CCc1cc(-c2nc(-c3cc(C)c(OCC(O)CO)c(CC)c3)no2)cc(N(C)C(C)C)n1. The third kappa shape index (κ3) is 5.69. The van der Waals surface area contributed by atoms with Gasteiger partial charge in [0, 0.05) is 29.9 Å². The fraction of sp³-hybridized carbons (Fsp3) is 0.480. The molecule has 33 heavy (non-hydrogen) atoms. The molecule has 1 atom stereocenters. The zero-order chi connectivity index (χ0) is 24.1. The maximum Gasteiger partial charge on any atom is 0.258 e. The van der Waals surface area contributed by atoms with Crippen molar-refractivity contribution in [3.8, 4) is 28.6 Å². The number of hydrogen-bond donors (Lipinski definition) is 2. The average molecular weight is 455 g/mol. The first-order valence-corrected chi connectivity index (χ1v) is 11.4. The molecule has 1 aromatic carbocycles. The first kappa shape index (κ1) is 24.7. The van der Waals surface area contributed by atoms with Gasteiger partial charge in [-0.1, -0.05) is 19.0 Å². The fourth-order valence-electron chi connectivity index (χ4n) is 3.46. The lowest BCUT2D eigenvalue weighted by molar-refractivity contribution is 0.0531. The number of pyridine rings is 1. The lowest BCUT2D eigenvalue weighted by Crippen LogP contribution is -2.26. The van der Waals surface area contributed by atoms with E-state index in [4.69, 9.17) is 19.4 Å². The molecule has 0 amide bonds. The average Bonchev–Trinajstić information content (AvgIpc) is 3.32. The maximum atomic E-state index is 9.62. The standard InChI is InChI=1S/C25H34N4O4/c1-7-17-10-18(9-16(5)23(17)32-14-21(31)13-30)24-27-25(33-28-24)19-11-20(8-2)26-22(12-19)29(6)15(3)4/h9-12,15,21,30-31H,7-8,13-14H2,1-6H3. The number of anilines is 1. The Hall–Kier alpha value is -2.97. The van der Waals surface area contributed by atoms with Crippen LogP contribution >= 0.6 is 0 Å². The van der Waals surface area contributed by atoms with Crippen molar-refractivity contribution in [2.75, 3.05) is 25.2 Å². The molecule has 3 aromatic rings. The van der Waals surface area contributed by atoms with Crippen LogP contribution in [0.2, 0.25) is 0 Å². The monoisotopic (exact) mass is 454 g/mol. The summed E-state index contributed by atoms with van der Waals surface area (Å²) in [7, 11) is 2.02. The van der Waals surface area contributed by atoms with Crippen LogP contribution < -0.4 is 9.64 Å². The van der Waals surface area contributed by atoms with Crippen LogP contribution in [-0.2, 0) is 12.8 Å². The summed E-state index contributed by atoms with van der Waals surface area (Å²) in [5, 5.41) is 22.9. The fourth-order valence-corrected chi connectivity index (χ4v) is 3.46. The molecule has 8 heteroatoms. The van der Waals surface area contributed by atoms with Crippen LogP contribution in [-0.4, -0.2) is 57.7 Å². The Bertz CT molecular complexity index is 1080. The Morgan fingerprint density at radius 3 is 2.45 bits per heavy atom. The summed E-state index contributed by atoms with van der Waals surface area (Å²) in [4.78, 5) is 11.5. The van der Waals surface area contributed by atoms with Crippen molar-refractivity contribution in [1.82, 2.24) is 15.1 Å². The lowest BCUT2D eigenvalue weighted by atomic mass is 10.0. The van der Waals surface area contributed by atoms with Crippen LogP contribution in [0.3, 0.4) is 0 Å². The number of nitrogens with zero attached hydrogens (tertiary/aromatic N) is 4. The Labute approximate surface area is 195 Å². The Kier molecular flexibility index (Phi) is 8.05. The molecule has 178 valence electrons. The summed E-state index contributed by atoms with van der Waals surface area (Å²) < 4.78 is 11.4. The third-order valence-corrected chi connectivity index (χ3v) is 5.66. The van der Waals surface area contributed by atoms with Gasteiger partial charge in [0.25, 0.3) is 5.89 Å². The maximum absolute atomic E-state index is 9.62. The van der Waals surface area contributed by atoms with Crippen LogP contribution in [0.5, 0.6) is 5.75 Å². The minimum absolute atomic E-state index is 0.0327. The molecular formula is C25H34N4O4. The normalized spacial score (nSPS) is 12.3. The molecule has 0 saturated carbocycles. The van der Waals surface area contributed by atoms with Crippen molar-refractivity contribution >= 4 is 5.82 Å². The topological polar surface area (TPSA) is 105 Å². The molecule has 0 fully saturated rings. The summed E-state index contributed by atoms with van der Waals surface area (Å²) in [6, 6.07) is 8.19. The first-order chi connectivity index (χ1) is 15.8. The molecule has 0 bridgehead atoms. The number of rotatable bonds is 10. The molecule has 0 aliphatic heterocycles. The first-order valence-electron chi connectivity index (χ1n) is 11.4. The van der Waals surface area contributed by atoms with Crippen LogP contribution in [0, 0.1) is 6.92 Å². The van der Waals surface area contributed by atoms with E-state index < -0.39 is 6.10 Å². The van der Waals surface area contributed by atoms with Gasteiger partial charge in [0.05, 0.1) is 6.61 Å². The second-order valence-electron chi connectivity index (χ2n) is 8.47. The molecule has 2 heterocycles. The molecule has 2 aromatic heterocycles. The zero-order valence-electron chi connectivity index (χ0n) is 20.3. The second kappa shape index (κ2) is 10.8. The highest BCUT2D eigenvalue weighted by atomic mass is 16.5. The second-order valence-corrected chi connectivity index (χ2v) is 8.47. The predicted octanol–water partition coefficient (Wildman–Crippen LogP) is 3.81. The molecule has 0 saturated heterocycles. The molecular weight excluding hydrogens is 420 g/mol. The summed E-state index contributed by atoms with van der Waals surface area (Å²) in [6.07, 6.45) is 0.625. The highest BCUT2D eigenvalue weighted by Gasteiger charge is 2.18. The summed E-state index contributed by atoms with van der Waals surface area (Å²) in [5.41, 5.74) is 4.51. The molecule has 8 nitrogen and oxygen atoms in total. The van der Waals surface area contributed by atoms with Crippen molar-refractivity contribution in [2.45, 2.75) is 59.6 Å². The number of aromatic nitrogens is 3. The highest BCUT2D eigenvalue weighted by molar-refractivity contribution is 5.65. The van der Waals surface area contributed by atoms with E-state index >= 15 is 0 Å². The van der Waals surface area contributed by atoms with Gasteiger partial charge < -0.3 is 24.4 Å². The van der Waals surface area contributed by atoms with Crippen molar-refractivity contribution < 1.29 is 19.5 Å². The van der Waals surface area contributed by atoms with Crippen molar-refractivity contribution in [2.24, 2.45) is 0 Å². The van der Waals surface area contributed by atoms with Gasteiger partial charge >= 0.3 is 0 Å². The molecule has 0 spiro atoms. The Morgan fingerprint density at radius 2 is 1.82 bits per heavy atom. The number of aliphatic hydroxyl groups is 2. The minimum atomic E-state index is -0.915. The van der Waals surface area contributed by atoms with Gasteiger partial charge in [-0.2, -0.15) is 4.98 Å². The highest BCUT2D eigenvalue weighted by Crippen LogP contribution is 2.32. The van der Waals surface area contributed by atoms with E-state index in [9.17, 15) is 5.11 Å². The van der Waals surface area contributed by atoms with Gasteiger partial charge in [-0.3, -0.25) is 0 Å². The number of aryl methyl sites for hydroxylation is 3. The molecule has 3 rings (SSSR count). The lowest BCUT2D eigenvalue weighted by Gasteiger charge is -2.23. The Balaban J connectivity index is 1.94. The molecule has 0 aliphatic rings. The summed E-state index contributed by atoms with van der Waals surface area (Å²) in [6.45, 7) is 9.98. The van der Waals surface area contributed by atoms with Gasteiger partial charge in [0.15, 0.2) is 0 Å². The van der Waals surface area contributed by atoms with Gasteiger partial charge in [-0.05, 0) is 69.0 Å². The van der Waals surface area contributed by atoms with Crippen molar-refractivity contribution in [3.05, 3.63) is 41.1 Å². The largest absolute Gasteiger partial charge is 0.490 e. The van der Waals surface area contributed by atoms with Crippen molar-refractivity contribution in [3.63, 3.8) is 0 Å². The van der Waals surface area contributed by atoms with E-state index in [0.29, 0.717) is 23.5 Å².